The molecule has 3 saturated carbocycles. The second-order valence-electron chi connectivity index (χ2n) is 13.2. The summed E-state index contributed by atoms with van der Waals surface area (Å²) in [5.41, 5.74) is 2.65. The lowest BCUT2D eigenvalue weighted by molar-refractivity contribution is -0.109. The van der Waals surface area contributed by atoms with Crippen molar-refractivity contribution >= 4 is 16.9 Å². The van der Waals surface area contributed by atoms with Crippen molar-refractivity contribution in [3.63, 3.8) is 0 Å². The van der Waals surface area contributed by atoms with Gasteiger partial charge in [-0.15, -0.1) is 0 Å². The monoisotopic (exact) mass is 458 g/mol. The molecule has 0 amide bonds. The standard InChI is InChI=1S/C30H50OS/c1-20(2)8-7-9-21(3)26-14-15-27-25-13-12-24-11-10-23(19-32-22(4)31)18-30(24,6)28(25)16-17-29(26,27)5/h10,20-21,24-28H,7-9,11-19H2,1-6H3/t21-,24-,25+,26-,27+,28+,29-,30+/m1/s1. The summed E-state index contributed by atoms with van der Waals surface area (Å²) >= 11 is 1.52. The van der Waals surface area contributed by atoms with Crippen molar-refractivity contribution in [2.24, 2.45) is 52.3 Å². The number of carbonyl (C=O) groups is 1. The van der Waals surface area contributed by atoms with E-state index in [1.165, 1.54) is 82.4 Å². The van der Waals surface area contributed by atoms with Gasteiger partial charge >= 0.3 is 0 Å². The number of allylic oxidation sites excluding steroid dienone is 1. The minimum atomic E-state index is 0.271. The summed E-state index contributed by atoms with van der Waals surface area (Å²) in [5, 5.41) is 0.271. The van der Waals surface area contributed by atoms with Gasteiger partial charge in [-0.1, -0.05) is 77.3 Å². The fourth-order valence-corrected chi connectivity index (χ4v) is 10.0. The summed E-state index contributed by atoms with van der Waals surface area (Å²) < 4.78 is 0. The van der Waals surface area contributed by atoms with Crippen LogP contribution in [0.25, 0.3) is 0 Å². The first kappa shape index (κ1) is 24.9. The number of fused-ring (bicyclic) bond motifs is 5. The molecule has 0 aromatic heterocycles. The Morgan fingerprint density at radius 1 is 1.03 bits per heavy atom. The van der Waals surface area contributed by atoms with Gasteiger partial charge < -0.3 is 0 Å². The Morgan fingerprint density at radius 3 is 2.50 bits per heavy atom. The number of hydrogen-bond acceptors (Lipinski definition) is 2. The van der Waals surface area contributed by atoms with Gasteiger partial charge in [0.05, 0.1) is 0 Å². The van der Waals surface area contributed by atoms with Gasteiger partial charge in [0.25, 0.3) is 0 Å². The van der Waals surface area contributed by atoms with Crippen LogP contribution in [-0.4, -0.2) is 10.9 Å². The molecule has 0 aliphatic heterocycles. The molecule has 0 saturated heterocycles. The predicted octanol–water partition coefficient (Wildman–Crippen LogP) is 8.92. The van der Waals surface area contributed by atoms with Crippen LogP contribution in [0.1, 0.15) is 112 Å². The maximum atomic E-state index is 11.6. The maximum Gasteiger partial charge on any atom is 0.186 e. The molecule has 0 unspecified atom stereocenters. The first-order valence-corrected chi connectivity index (χ1v) is 14.9. The summed E-state index contributed by atoms with van der Waals surface area (Å²) in [6.45, 7) is 14.4. The van der Waals surface area contributed by atoms with Gasteiger partial charge in [-0.25, -0.2) is 0 Å². The van der Waals surface area contributed by atoms with Crippen molar-refractivity contribution in [3.05, 3.63) is 11.6 Å². The van der Waals surface area contributed by atoms with Gasteiger partial charge in [-0.05, 0) is 104 Å². The van der Waals surface area contributed by atoms with E-state index >= 15 is 0 Å². The topological polar surface area (TPSA) is 17.1 Å². The van der Waals surface area contributed by atoms with Crippen molar-refractivity contribution in [2.75, 3.05) is 5.75 Å². The van der Waals surface area contributed by atoms with Gasteiger partial charge in [0.15, 0.2) is 5.12 Å². The van der Waals surface area contributed by atoms with Crippen molar-refractivity contribution in [2.45, 2.75) is 112 Å². The van der Waals surface area contributed by atoms with Gasteiger partial charge in [-0.2, -0.15) is 0 Å². The fraction of sp³-hybridized carbons (Fsp3) is 0.900. The average Bonchev–Trinajstić information content (AvgIpc) is 3.08. The molecule has 0 aromatic rings. The molecule has 4 aliphatic carbocycles. The molecule has 4 rings (SSSR count). The highest BCUT2D eigenvalue weighted by Crippen LogP contribution is 2.68. The first-order chi connectivity index (χ1) is 15.1. The van der Waals surface area contributed by atoms with Crippen molar-refractivity contribution in [1.82, 2.24) is 0 Å². The van der Waals surface area contributed by atoms with Crippen LogP contribution >= 0.6 is 11.8 Å². The Hall–Kier alpha value is -0.240. The number of rotatable bonds is 7. The summed E-state index contributed by atoms with van der Waals surface area (Å²) in [6.07, 6.45) is 18.2. The van der Waals surface area contributed by atoms with E-state index in [0.29, 0.717) is 10.8 Å². The molecular formula is C30H50OS. The quantitative estimate of drug-likeness (QED) is 0.354. The molecule has 0 aromatic carbocycles. The lowest BCUT2D eigenvalue weighted by Gasteiger charge is -2.60. The molecule has 0 bridgehead atoms. The number of thioether (sulfide) groups is 1. The second kappa shape index (κ2) is 9.79. The molecule has 2 heteroatoms. The largest absolute Gasteiger partial charge is 0.288 e. The summed E-state index contributed by atoms with van der Waals surface area (Å²) in [6, 6.07) is 0. The van der Waals surface area contributed by atoms with Crippen LogP contribution in [0.2, 0.25) is 0 Å². The smallest absolute Gasteiger partial charge is 0.186 e. The Labute approximate surface area is 203 Å². The minimum Gasteiger partial charge on any atom is -0.288 e. The molecule has 3 fully saturated rings. The Kier molecular flexibility index (Phi) is 7.61. The lowest BCUT2D eigenvalue weighted by atomic mass is 9.44. The van der Waals surface area contributed by atoms with Crippen LogP contribution in [0, 0.1) is 52.3 Å². The van der Waals surface area contributed by atoms with Crippen molar-refractivity contribution < 1.29 is 4.79 Å². The predicted molar refractivity (Wildman–Crippen MR) is 140 cm³/mol. The average molecular weight is 459 g/mol. The van der Waals surface area contributed by atoms with Gasteiger partial charge in [0.2, 0.25) is 0 Å². The zero-order valence-electron chi connectivity index (χ0n) is 21.9. The van der Waals surface area contributed by atoms with E-state index < -0.39 is 0 Å². The van der Waals surface area contributed by atoms with Gasteiger partial charge in [0.1, 0.15) is 0 Å². The van der Waals surface area contributed by atoms with E-state index in [-0.39, 0.29) is 5.12 Å². The molecule has 32 heavy (non-hydrogen) atoms. The Bertz CT molecular complexity index is 710. The first-order valence-electron chi connectivity index (χ1n) is 14.0. The molecule has 1 nitrogen and oxygen atoms in total. The maximum absolute atomic E-state index is 11.6. The zero-order chi connectivity index (χ0) is 23.1. The van der Waals surface area contributed by atoms with E-state index in [1.807, 2.05) is 0 Å². The van der Waals surface area contributed by atoms with Crippen LogP contribution in [0.15, 0.2) is 11.6 Å². The second-order valence-corrected chi connectivity index (χ2v) is 14.4. The highest BCUT2D eigenvalue weighted by atomic mass is 32.2. The Morgan fingerprint density at radius 2 is 1.78 bits per heavy atom. The summed E-state index contributed by atoms with van der Waals surface area (Å²) in [5.74, 6) is 7.38. The Balaban J connectivity index is 1.45. The van der Waals surface area contributed by atoms with E-state index in [9.17, 15) is 4.79 Å². The molecule has 4 aliphatic rings. The third-order valence-corrected chi connectivity index (χ3v) is 11.9. The SMILES string of the molecule is CC(=O)SCC1=CC[C@@H]2CC[C@@H]3[C@H](CC[C@]4(C)[C@@H]([C@H](C)CCCC(C)C)CC[C@@H]34)[C@@]2(C)C1. The number of hydrogen-bond donors (Lipinski definition) is 0. The number of carbonyl (C=O) groups excluding carboxylic acids is 1. The van der Waals surface area contributed by atoms with Crippen molar-refractivity contribution in [1.29, 1.82) is 0 Å². The molecule has 0 spiro atoms. The van der Waals surface area contributed by atoms with E-state index in [0.717, 1.165) is 47.2 Å². The van der Waals surface area contributed by atoms with E-state index in [2.05, 4.69) is 40.7 Å². The highest BCUT2D eigenvalue weighted by molar-refractivity contribution is 8.13. The van der Waals surface area contributed by atoms with Crippen molar-refractivity contribution in [3.8, 4) is 0 Å². The molecule has 182 valence electrons. The molecule has 8 atom stereocenters. The normalized spacial score (nSPS) is 42.1. The highest BCUT2D eigenvalue weighted by Gasteiger charge is 2.60. The van der Waals surface area contributed by atoms with Gasteiger partial charge in [-0.3, -0.25) is 4.79 Å². The molecule has 0 heterocycles. The molecular weight excluding hydrogens is 408 g/mol. The lowest BCUT2D eigenvalue weighted by Crippen LogP contribution is -2.53. The zero-order valence-corrected chi connectivity index (χ0v) is 22.7. The van der Waals surface area contributed by atoms with E-state index in [4.69, 9.17) is 0 Å². The fourth-order valence-electron chi connectivity index (χ4n) is 9.40. The minimum absolute atomic E-state index is 0.271. The van der Waals surface area contributed by atoms with Crippen LogP contribution in [0.5, 0.6) is 0 Å². The third kappa shape index (κ3) is 4.65. The third-order valence-electron chi connectivity index (χ3n) is 11.0. The summed E-state index contributed by atoms with van der Waals surface area (Å²) in [7, 11) is 0. The van der Waals surface area contributed by atoms with Crippen LogP contribution in [-0.2, 0) is 4.79 Å². The van der Waals surface area contributed by atoms with Crippen LogP contribution in [0.3, 0.4) is 0 Å². The van der Waals surface area contributed by atoms with Crippen LogP contribution in [0.4, 0.5) is 0 Å². The van der Waals surface area contributed by atoms with E-state index in [1.54, 1.807) is 12.5 Å². The molecule has 0 radical (unpaired) electrons. The van der Waals surface area contributed by atoms with Crippen LogP contribution < -0.4 is 0 Å². The molecule has 0 N–H and O–H groups in total. The van der Waals surface area contributed by atoms with Gasteiger partial charge in [0, 0.05) is 12.7 Å². The summed E-state index contributed by atoms with van der Waals surface area (Å²) in [4.78, 5) is 11.6.